The van der Waals surface area contributed by atoms with Gasteiger partial charge in [-0.15, -0.1) is 11.3 Å². The van der Waals surface area contributed by atoms with Crippen molar-refractivity contribution in [2.75, 3.05) is 13.7 Å². The molecule has 0 fully saturated rings. The molecule has 2 aromatic rings. The quantitative estimate of drug-likeness (QED) is 0.405. The first-order valence-electron chi connectivity index (χ1n) is 11.1. The summed E-state index contributed by atoms with van der Waals surface area (Å²) in [4.78, 5) is 31.0. The number of carbonyl (C=O) groups is 2. The van der Waals surface area contributed by atoms with E-state index in [4.69, 9.17) is 4.74 Å². The number of ether oxygens (including phenoxy) is 1. The number of amides is 1. The van der Waals surface area contributed by atoms with Crippen LogP contribution in [0, 0.1) is 0 Å². The van der Waals surface area contributed by atoms with Gasteiger partial charge in [0.05, 0.1) is 12.2 Å². The van der Waals surface area contributed by atoms with Crippen LogP contribution < -0.4 is 0 Å². The molecule has 2 rings (SSSR count). The van der Waals surface area contributed by atoms with Crippen LogP contribution in [-0.2, 0) is 27.3 Å². The third kappa shape index (κ3) is 8.42. The van der Waals surface area contributed by atoms with Crippen LogP contribution in [0.25, 0.3) is 11.3 Å². The molecule has 0 aromatic carbocycles. The SMILES string of the molecule is CCCCCCCC(=O)N(C)Cc1cc(-c2ccc(C[C@H](OCC)C(=O)O)cn2)cs1. The van der Waals surface area contributed by atoms with Crippen molar-refractivity contribution < 1.29 is 19.4 Å². The highest BCUT2D eigenvalue weighted by Crippen LogP contribution is 2.25. The van der Waals surface area contributed by atoms with Crippen LogP contribution in [0.2, 0.25) is 0 Å². The van der Waals surface area contributed by atoms with Gasteiger partial charge < -0.3 is 14.7 Å². The second kappa shape index (κ2) is 13.2. The van der Waals surface area contributed by atoms with E-state index in [0.717, 1.165) is 34.5 Å². The van der Waals surface area contributed by atoms with Crippen LogP contribution in [-0.4, -0.2) is 46.6 Å². The second-order valence-electron chi connectivity index (χ2n) is 7.75. The van der Waals surface area contributed by atoms with Crippen molar-refractivity contribution in [1.29, 1.82) is 0 Å². The van der Waals surface area contributed by atoms with E-state index in [1.807, 2.05) is 24.6 Å². The molecule has 0 aliphatic carbocycles. The lowest BCUT2D eigenvalue weighted by Gasteiger charge is -2.16. The molecule has 0 aliphatic heterocycles. The predicted octanol–water partition coefficient (Wildman–Crippen LogP) is 5.16. The van der Waals surface area contributed by atoms with Crippen molar-refractivity contribution in [2.24, 2.45) is 0 Å². The molecule has 1 atom stereocenters. The zero-order chi connectivity index (χ0) is 22.6. The first-order valence-corrected chi connectivity index (χ1v) is 11.9. The van der Waals surface area contributed by atoms with E-state index >= 15 is 0 Å². The summed E-state index contributed by atoms with van der Waals surface area (Å²) in [6.45, 7) is 4.93. The van der Waals surface area contributed by atoms with Gasteiger partial charge in [0.1, 0.15) is 0 Å². The topological polar surface area (TPSA) is 79.7 Å². The predicted molar refractivity (Wildman–Crippen MR) is 124 cm³/mol. The molecule has 0 saturated heterocycles. The summed E-state index contributed by atoms with van der Waals surface area (Å²) < 4.78 is 5.27. The van der Waals surface area contributed by atoms with E-state index in [0.29, 0.717) is 19.6 Å². The van der Waals surface area contributed by atoms with E-state index in [9.17, 15) is 14.7 Å². The van der Waals surface area contributed by atoms with E-state index in [1.54, 1.807) is 29.4 Å². The van der Waals surface area contributed by atoms with Gasteiger partial charge in [-0.2, -0.15) is 0 Å². The highest BCUT2D eigenvalue weighted by molar-refractivity contribution is 7.10. The lowest BCUT2D eigenvalue weighted by Crippen LogP contribution is -2.26. The molecule has 31 heavy (non-hydrogen) atoms. The van der Waals surface area contributed by atoms with Crippen molar-refractivity contribution in [3.8, 4) is 11.3 Å². The Bertz CT molecular complexity index is 819. The van der Waals surface area contributed by atoms with E-state index in [-0.39, 0.29) is 12.3 Å². The number of carbonyl (C=O) groups excluding carboxylic acids is 1. The Labute approximate surface area is 189 Å². The molecule has 2 heterocycles. The van der Waals surface area contributed by atoms with E-state index in [1.165, 1.54) is 19.3 Å². The number of unbranched alkanes of at least 4 members (excludes halogenated alkanes) is 4. The van der Waals surface area contributed by atoms with Crippen LogP contribution in [0.3, 0.4) is 0 Å². The fourth-order valence-electron chi connectivity index (χ4n) is 3.34. The Morgan fingerprint density at radius 2 is 1.97 bits per heavy atom. The zero-order valence-corrected chi connectivity index (χ0v) is 19.6. The number of rotatable bonds is 14. The Kier molecular flexibility index (Phi) is 10.7. The second-order valence-corrected chi connectivity index (χ2v) is 8.75. The van der Waals surface area contributed by atoms with Crippen LogP contribution in [0.1, 0.15) is 62.8 Å². The summed E-state index contributed by atoms with van der Waals surface area (Å²) in [5, 5.41) is 11.3. The molecule has 6 nitrogen and oxygen atoms in total. The number of carboxylic acid groups (broad SMARTS) is 1. The van der Waals surface area contributed by atoms with Crippen molar-refractivity contribution >= 4 is 23.2 Å². The molecule has 0 aliphatic rings. The third-order valence-corrected chi connectivity index (χ3v) is 6.07. The van der Waals surface area contributed by atoms with Crippen molar-refractivity contribution in [3.05, 3.63) is 40.2 Å². The average Bonchev–Trinajstić information content (AvgIpc) is 3.22. The molecule has 0 unspecified atom stereocenters. The minimum absolute atomic E-state index is 0.191. The van der Waals surface area contributed by atoms with Crippen LogP contribution in [0.15, 0.2) is 29.8 Å². The molecule has 1 amide bonds. The lowest BCUT2D eigenvalue weighted by atomic mass is 10.1. The number of nitrogens with zero attached hydrogens (tertiary/aromatic N) is 2. The summed E-state index contributed by atoms with van der Waals surface area (Å²) in [5.74, 6) is -0.774. The van der Waals surface area contributed by atoms with Gasteiger partial charge in [0.25, 0.3) is 0 Å². The Balaban J connectivity index is 1.88. The first-order chi connectivity index (χ1) is 14.9. The Morgan fingerprint density at radius 1 is 1.19 bits per heavy atom. The van der Waals surface area contributed by atoms with Gasteiger partial charge in [-0.05, 0) is 31.0 Å². The number of aromatic nitrogens is 1. The summed E-state index contributed by atoms with van der Waals surface area (Å²) in [5.41, 5.74) is 2.66. The highest BCUT2D eigenvalue weighted by atomic mass is 32.1. The molecule has 170 valence electrons. The van der Waals surface area contributed by atoms with E-state index in [2.05, 4.69) is 18.0 Å². The lowest BCUT2D eigenvalue weighted by molar-refractivity contribution is -0.150. The van der Waals surface area contributed by atoms with E-state index < -0.39 is 12.1 Å². The number of aliphatic carboxylic acids is 1. The van der Waals surface area contributed by atoms with Crippen molar-refractivity contribution in [1.82, 2.24) is 9.88 Å². The van der Waals surface area contributed by atoms with Gasteiger partial charge in [0, 0.05) is 48.5 Å². The normalized spacial score (nSPS) is 12.0. The van der Waals surface area contributed by atoms with Gasteiger partial charge in [0.2, 0.25) is 5.91 Å². The molecule has 0 radical (unpaired) electrons. The molecule has 1 N–H and O–H groups in total. The minimum Gasteiger partial charge on any atom is -0.479 e. The maximum atomic E-state index is 12.3. The zero-order valence-electron chi connectivity index (χ0n) is 18.8. The Morgan fingerprint density at radius 3 is 2.61 bits per heavy atom. The fraction of sp³-hybridized carbons (Fsp3) is 0.542. The molecular weight excluding hydrogens is 412 g/mol. The number of pyridine rings is 1. The molecule has 0 spiro atoms. The van der Waals surface area contributed by atoms with Gasteiger partial charge in [-0.1, -0.05) is 38.7 Å². The molecule has 0 bridgehead atoms. The Hall–Kier alpha value is -2.25. The number of carboxylic acids is 1. The largest absolute Gasteiger partial charge is 0.479 e. The van der Waals surface area contributed by atoms with Crippen molar-refractivity contribution in [3.63, 3.8) is 0 Å². The van der Waals surface area contributed by atoms with Gasteiger partial charge in [0.15, 0.2) is 6.10 Å². The summed E-state index contributed by atoms with van der Waals surface area (Å²) >= 11 is 1.62. The number of hydrogen-bond acceptors (Lipinski definition) is 5. The van der Waals surface area contributed by atoms with Crippen LogP contribution in [0.4, 0.5) is 0 Å². The standard InChI is InChI=1S/C24H34N2O4S/c1-4-6-7-8-9-10-23(27)26(3)16-20-14-19(17-31-20)21-12-11-18(15-25-21)13-22(24(28)29)30-5-2/h11-12,14-15,17,22H,4-10,13,16H2,1-3H3,(H,28,29)/t22-/m0/s1. The van der Waals surface area contributed by atoms with Gasteiger partial charge in [-0.25, -0.2) is 4.79 Å². The maximum Gasteiger partial charge on any atom is 0.333 e. The molecule has 0 saturated carbocycles. The van der Waals surface area contributed by atoms with Crippen LogP contribution >= 0.6 is 11.3 Å². The van der Waals surface area contributed by atoms with Gasteiger partial charge in [-0.3, -0.25) is 9.78 Å². The first kappa shape index (κ1) is 25.0. The molecule has 7 heteroatoms. The minimum atomic E-state index is -0.965. The average molecular weight is 447 g/mol. The fourth-order valence-corrected chi connectivity index (χ4v) is 4.27. The smallest absolute Gasteiger partial charge is 0.333 e. The number of thiophene rings is 1. The maximum absolute atomic E-state index is 12.3. The number of hydrogen-bond donors (Lipinski definition) is 1. The molecule has 2 aromatic heterocycles. The molecular formula is C24H34N2O4S. The highest BCUT2D eigenvalue weighted by Gasteiger charge is 2.18. The van der Waals surface area contributed by atoms with Gasteiger partial charge >= 0.3 is 5.97 Å². The monoisotopic (exact) mass is 446 g/mol. The summed E-state index contributed by atoms with van der Waals surface area (Å²) in [7, 11) is 1.86. The third-order valence-electron chi connectivity index (χ3n) is 5.15. The summed E-state index contributed by atoms with van der Waals surface area (Å²) in [6.07, 6.45) is 7.48. The summed E-state index contributed by atoms with van der Waals surface area (Å²) in [6, 6.07) is 5.86. The van der Waals surface area contributed by atoms with Crippen LogP contribution in [0.5, 0.6) is 0 Å². The van der Waals surface area contributed by atoms with Crippen molar-refractivity contribution in [2.45, 2.75) is 71.4 Å².